The predicted molar refractivity (Wildman–Crippen MR) is 126 cm³/mol. The topological polar surface area (TPSA) is 70.1 Å². The second-order valence-corrected chi connectivity index (χ2v) is 8.45. The third kappa shape index (κ3) is 4.42. The molecule has 0 bridgehead atoms. The number of anilines is 3. The number of benzene rings is 2. The molecule has 2 aromatic carbocycles. The summed E-state index contributed by atoms with van der Waals surface area (Å²) in [5.41, 5.74) is 1.80. The Morgan fingerprint density at radius 2 is 2.09 bits per heavy atom. The second-order valence-electron chi connectivity index (χ2n) is 8.04. The summed E-state index contributed by atoms with van der Waals surface area (Å²) in [5.74, 6) is 5.94. The number of amides is 1. The maximum atomic E-state index is 14.4. The first-order valence-electron chi connectivity index (χ1n) is 9.93. The molecule has 0 aliphatic carbocycles. The van der Waals surface area contributed by atoms with Crippen molar-refractivity contribution in [3.63, 3.8) is 0 Å². The van der Waals surface area contributed by atoms with E-state index in [4.69, 9.17) is 11.6 Å². The van der Waals surface area contributed by atoms with Crippen molar-refractivity contribution in [2.75, 3.05) is 30.8 Å². The fourth-order valence-corrected chi connectivity index (χ4v) is 3.94. The maximum absolute atomic E-state index is 14.4. The number of fused-ring (bicyclic) bond motifs is 1. The van der Waals surface area contributed by atoms with E-state index >= 15 is 0 Å². The van der Waals surface area contributed by atoms with Gasteiger partial charge in [-0.15, -0.1) is 0 Å². The van der Waals surface area contributed by atoms with E-state index in [1.165, 1.54) is 18.5 Å². The quantitative estimate of drug-likeness (QED) is 0.450. The van der Waals surface area contributed by atoms with Crippen LogP contribution in [0, 0.1) is 23.1 Å². The molecule has 4 rings (SSSR count). The standard InChI is InChI=1S/C24H21ClFN5O/c1-4-21(32)29-19-11-16-20(10-15(19)8-9-24(2)12-31(3)13-24)27-14-28-23(16)30-18-7-5-6-17(25)22(18)26/h4-7,10-11,14H,1,12-13H2,2-3H3,(H,29,32)(H,27,28,30). The first-order chi connectivity index (χ1) is 15.3. The number of nitrogens with one attached hydrogen (secondary N) is 2. The van der Waals surface area contributed by atoms with Gasteiger partial charge in [0.25, 0.3) is 0 Å². The number of rotatable bonds is 4. The van der Waals surface area contributed by atoms with Crippen LogP contribution in [-0.2, 0) is 4.79 Å². The first-order valence-corrected chi connectivity index (χ1v) is 10.3. The number of likely N-dealkylation sites (tertiary alicyclic amines) is 1. The zero-order valence-corrected chi connectivity index (χ0v) is 18.4. The van der Waals surface area contributed by atoms with Gasteiger partial charge in [0.05, 0.1) is 32.9 Å². The predicted octanol–water partition coefficient (Wildman–Crippen LogP) is 4.59. The van der Waals surface area contributed by atoms with E-state index in [0.29, 0.717) is 28.0 Å². The third-order valence-corrected chi connectivity index (χ3v) is 5.45. The van der Waals surface area contributed by atoms with Crippen molar-refractivity contribution in [3.05, 3.63) is 65.7 Å². The molecule has 3 aromatic rings. The molecule has 0 atom stereocenters. The van der Waals surface area contributed by atoms with Crippen LogP contribution in [0.3, 0.4) is 0 Å². The molecule has 1 aromatic heterocycles. The van der Waals surface area contributed by atoms with Crippen molar-refractivity contribution in [2.24, 2.45) is 5.41 Å². The normalized spacial score (nSPS) is 14.8. The highest BCUT2D eigenvalue weighted by atomic mass is 35.5. The molecule has 8 heteroatoms. The van der Waals surface area contributed by atoms with Gasteiger partial charge in [-0.1, -0.05) is 36.1 Å². The Kier molecular flexibility index (Phi) is 5.83. The summed E-state index contributed by atoms with van der Waals surface area (Å²) in [6, 6.07) is 8.17. The highest BCUT2D eigenvalue weighted by molar-refractivity contribution is 6.31. The summed E-state index contributed by atoms with van der Waals surface area (Å²) >= 11 is 5.89. The van der Waals surface area contributed by atoms with E-state index in [1.807, 2.05) is 7.05 Å². The van der Waals surface area contributed by atoms with Crippen LogP contribution in [0.2, 0.25) is 5.02 Å². The van der Waals surface area contributed by atoms with Crippen LogP contribution in [0.15, 0.2) is 49.3 Å². The van der Waals surface area contributed by atoms with Gasteiger partial charge in [-0.05, 0) is 44.3 Å². The molecular formula is C24H21ClFN5O. The Balaban J connectivity index is 1.79. The lowest BCUT2D eigenvalue weighted by molar-refractivity contribution is -0.111. The van der Waals surface area contributed by atoms with Gasteiger partial charge in [0.15, 0.2) is 5.82 Å². The Labute approximate surface area is 190 Å². The molecule has 1 saturated heterocycles. The number of hydrogen-bond donors (Lipinski definition) is 2. The number of halogens is 2. The summed E-state index contributed by atoms with van der Waals surface area (Å²) < 4.78 is 14.4. The summed E-state index contributed by atoms with van der Waals surface area (Å²) in [6.45, 7) is 7.37. The molecule has 162 valence electrons. The van der Waals surface area contributed by atoms with Crippen LogP contribution in [0.5, 0.6) is 0 Å². The third-order valence-electron chi connectivity index (χ3n) is 5.16. The van der Waals surface area contributed by atoms with Gasteiger partial charge in [0.2, 0.25) is 5.91 Å². The molecule has 1 amide bonds. The molecule has 1 fully saturated rings. The first kappa shape index (κ1) is 21.8. The summed E-state index contributed by atoms with van der Waals surface area (Å²) in [4.78, 5) is 22.8. The smallest absolute Gasteiger partial charge is 0.247 e. The van der Waals surface area contributed by atoms with Crippen molar-refractivity contribution in [1.82, 2.24) is 14.9 Å². The van der Waals surface area contributed by atoms with Gasteiger partial charge in [-0.25, -0.2) is 14.4 Å². The van der Waals surface area contributed by atoms with Crippen LogP contribution in [-0.4, -0.2) is 40.9 Å². The molecule has 2 heterocycles. The van der Waals surface area contributed by atoms with Crippen molar-refractivity contribution in [1.29, 1.82) is 0 Å². The van der Waals surface area contributed by atoms with Crippen LogP contribution < -0.4 is 10.6 Å². The van der Waals surface area contributed by atoms with Crippen molar-refractivity contribution in [3.8, 4) is 11.8 Å². The molecule has 6 nitrogen and oxygen atoms in total. The van der Waals surface area contributed by atoms with E-state index in [9.17, 15) is 9.18 Å². The molecule has 0 saturated carbocycles. The zero-order valence-electron chi connectivity index (χ0n) is 17.7. The minimum Gasteiger partial charge on any atom is -0.337 e. The lowest BCUT2D eigenvalue weighted by atomic mass is 9.83. The van der Waals surface area contributed by atoms with Crippen LogP contribution in [0.1, 0.15) is 12.5 Å². The Bertz CT molecular complexity index is 1290. The molecule has 0 spiro atoms. The van der Waals surface area contributed by atoms with Crippen LogP contribution in [0.4, 0.5) is 21.6 Å². The minimum absolute atomic E-state index is 0.00000764. The van der Waals surface area contributed by atoms with Crippen molar-refractivity contribution < 1.29 is 9.18 Å². The largest absolute Gasteiger partial charge is 0.337 e. The van der Waals surface area contributed by atoms with Gasteiger partial charge in [0.1, 0.15) is 12.1 Å². The molecular weight excluding hydrogens is 429 g/mol. The van der Waals surface area contributed by atoms with E-state index < -0.39 is 5.82 Å². The van der Waals surface area contributed by atoms with Gasteiger partial charge in [-0.2, -0.15) is 0 Å². The fraction of sp³-hybridized carbons (Fsp3) is 0.208. The molecule has 2 N–H and O–H groups in total. The van der Waals surface area contributed by atoms with E-state index in [0.717, 1.165) is 13.1 Å². The number of aromatic nitrogens is 2. The van der Waals surface area contributed by atoms with Gasteiger partial charge < -0.3 is 15.5 Å². The molecule has 0 radical (unpaired) electrons. The molecule has 1 aliphatic heterocycles. The molecule has 0 unspecified atom stereocenters. The average molecular weight is 450 g/mol. The summed E-state index contributed by atoms with van der Waals surface area (Å²) in [5, 5.41) is 6.35. The second kappa shape index (κ2) is 8.58. The number of hydrogen-bond acceptors (Lipinski definition) is 5. The van der Waals surface area contributed by atoms with E-state index in [1.54, 1.807) is 24.3 Å². The maximum Gasteiger partial charge on any atom is 0.247 e. The highest BCUT2D eigenvalue weighted by Crippen LogP contribution is 2.32. The Morgan fingerprint density at radius 3 is 2.81 bits per heavy atom. The van der Waals surface area contributed by atoms with E-state index in [-0.39, 0.29) is 22.0 Å². The van der Waals surface area contributed by atoms with Crippen LogP contribution in [0.25, 0.3) is 10.9 Å². The summed E-state index contributed by atoms with van der Waals surface area (Å²) in [7, 11) is 2.05. The van der Waals surface area contributed by atoms with Crippen molar-refractivity contribution >= 4 is 45.6 Å². The van der Waals surface area contributed by atoms with Gasteiger partial charge >= 0.3 is 0 Å². The van der Waals surface area contributed by atoms with Crippen LogP contribution >= 0.6 is 11.6 Å². The Hall–Kier alpha value is -3.47. The van der Waals surface area contributed by atoms with Gasteiger partial charge in [-0.3, -0.25) is 4.79 Å². The zero-order chi connectivity index (χ0) is 22.9. The number of carbonyl (C=O) groups excluding carboxylic acids is 1. The number of carbonyl (C=O) groups is 1. The number of nitrogens with zero attached hydrogens (tertiary/aromatic N) is 3. The highest BCUT2D eigenvalue weighted by Gasteiger charge is 2.34. The fourth-order valence-electron chi connectivity index (χ4n) is 3.76. The molecule has 32 heavy (non-hydrogen) atoms. The minimum atomic E-state index is -0.581. The lowest BCUT2D eigenvalue weighted by Crippen LogP contribution is -2.51. The lowest BCUT2D eigenvalue weighted by Gasteiger charge is -2.42. The van der Waals surface area contributed by atoms with E-state index in [2.05, 4.69) is 50.8 Å². The SMILES string of the molecule is C=CC(=O)Nc1cc2c(Nc3cccc(Cl)c3F)ncnc2cc1C#CC1(C)CN(C)C1. The van der Waals surface area contributed by atoms with Gasteiger partial charge in [0, 0.05) is 18.5 Å². The Morgan fingerprint density at radius 1 is 1.31 bits per heavy atom. The monoisotopic (exact) mass is 449 g/mol. The molecule has 1 aliphatic rings. The summed E-state index contributed by atoms with van der Waals surface area (Å²) in [6.07, 6.45) is 2.57. The average Bonchev–Trinajstić information content (AvgIpc) is 2.74. The van der Waals surface area contributed by atoms with Crippen molar-refractivity contribution in [2.45, 2.75) is 6.92 Å².